The summed E-state index contributed by atoms with van der Waals surface area (Å²) in [5.41, 5.74) is -0.769. The zero-order valence-corrected chi connectivity index (χ0v) is 17.6. The second-order valence-electron chi connectivity index (χ2n) is 7.85. The standard InChI is InChI=1S/C20H22N2O7S/c1-20(2,3)29-19(23)21-12-16(13-21)28-15-5-4-6-18(11-15)30(26,27)17-9-7-14(8-10-17)22(24)25/h4-11,16H,12-13H2,1-3H3. The predicted molar refractivity (Wildman–Crippen MR) is 107 cm³/mol. The van der Waals surface area contributed by atoms with Crippen molar-refractivity contribution < 1.29 is 27.6 Å². The largest absolute Gasteiger partial charge is 0.487 e. The number of rotatable bonds is 5. The number of sulfone groups is 1. The number of benzene rings is 2. The topological polar surface area (TPSA) is 116 Å². The van der Waals surface area contributed by atoms with Crippen molar-refractivity contribution in [1.29, 1.82) is 0 Å². The molecule has 1 heterocycles. The van der Waals surface area contributed by atoms with Crippen LogP contribution in [-0.4, -0.2) is 49.1 Å². The van der Waals surface area contributed by atoms with E-state index in [9.17, 15) is 23.3 Å². The first-order valence-corrected chi connectivity index (χ1v) is 10.7. The molecule has 1 fully saturated rings. The van der Waals surface area contributed by atoms with Crippen molar-refractivity contribution in [3.63, 3.8) is 0 Å². The Morgan fingerprint density at radius 2 is 1.73 bits per heavy atom. The third-order valence-electron chi connectivity index (χ3n) is 4.28. The molecule has 0 aromatic heterocycles. The summed E-state index contributed by atoms with van der Waals surface area (Å²) < 4.78 is 36.7. The number of nitro groups is 1. The van der Waals surface area contributed by atoms with Gasteiger partial charge in [-0.05, 0) is 51.1 Å². The molecule has 1 aliphatic heterocycles. The lowest BCUT2D eigenvalue weighted by Gasteiger charge is -2.39. The van der Waals surface area contributed by atoms with E-state index in [0.29, 0.717) is 18.8 Å². The lowest BCUT2D eigenvalue weighted by Crippen LogP contribution is -2.57. The van der Waals surface area contributed by atoms with Gasteiger partial charge in [-0.1, -0.05) is 6.07 Å². The summed E-state index contributed by atoms with van der Waals surface area (Å²) in [5.74, 6) is 0.354. The zero-order chi connectivity index (χ0) is 22.1. The van der Waals surface area contributed by atoms with Crippen LogP contribution in [0.2, 0.25) is 0 Å². The molecule has 0 atom stereocenters. The van der Waals surface area contributed by atoms with Crippen LogP contribution < -0.4 is 4.74 Å². The Hall–Kier alpha value is -3.14. The highest BCUT2D eigenvalue weighted by Gasteiger charge is 2.35. The van der Waals surface area contributed by atoms with Gasteiger partial charge in [0.1, 0.15) is 17.5 Å². The Bertz CT molecular complexity index is 1050. The monoisotopic (exact) mass is 434 g/mol. The van der Waals surface area contributed by atoms with Gasteiger partial charge in [-0.2, -0.15) is 0 Å². The molecule has 2 aromatic carbocycles. The number of non-ortho nitro benzene ring substituents is 1. The Labute approximate surface area is 174 Å². The van der Waals surface area contributed by atoms with Crippen LogP contribution in [0.25, 0.3) is 0 Å². The van der Waals surface area contributed by atoms with Crippen molar-refractivity contribution in [1.82, 2.24) is 4.90 Å². The molecule has 1 aliphatic rings. The fourth-order valence-electron chi connectivity index (χ4n) is 2.78. The molecule has 9 nitrogen and oxygen atoms in total. The van der Waals surface area contributed by atoms with Crippen molar-refractivity contribution in [2.75, 3.05) is 13.1 Å². The van der Waals surface area contributed by atoms with Crippen LogP contribution in [0.15, 0.2) is 58.3 Å². The summed E-state index contributed by atoms with van der Waals surface area (Å²) in [6.45, 7) is 6.04. The number of hydrogen-bond donors (Lipinski definition) is 0. The van der Waals surface area contributed by atoms with Gasteiger partial charge in [0, 0.05) is 12.1 Å². The third kappa shape index (κ3) is 4.88. The molecule has 1 saturated heterocycles. The molecule has 0 unspecified atom stereocenters. The fourth-order valence-corrected chi connectivity index (χ4v) is 4.07. The maximum absolute atomic E-state index is 12.8. The van der Waals surface area contributed by atoms with E-state index in [4.69, 9.17) is 9.47 Å². The van der Waals surface area contributed by atoms with Crippen LogP contribution >= 0.6 is 0 Å². The Kier molecular flexibility index (Phi) is 5.71. The van der Waals surface area contributed by atoms with E-state index in [1.54, 1.807) is 32.9 Å². The van der Waals surface area contributed by atoms with Crippen LogP contribution in [0.5, 0.6) is 5.75 Å². The number of nitro benzene ring substituents is 1. The van der Waals surface area contributed by atoms with Crippen molar-refractivity contribution in [3.8, 4) is 5.75 Å². The highest BCUT2D eigenvalue weighted by molar-refractivity contribution is 7.91. The zero-order valence-electron chi connectivity index (χ0n) is 16.8. The van der Waals surface area contributed by atoms with Crippen molar-refractivity contribution >= 4 is 21.6 Å². The van der Waals surface area contributed by atoms with E-state index in [0.717, 1.165) is 12.1 Å². The number of carbonyl (C=O) groups excluding carboxylic acids is 1. The molecule has 3 rings (SSSR count). The Morgan fingerprint density at radius 1 is 1.10 bits per heavy atom. The molecule has 0 N–H and O–H groups in total. The third-order valence-corrected chi connectivity index (χ3v) is 6.04. The molecule has 30 heavy (non-hydrogen) atoms. The van der Waals surface area contributed by atoms with Crippen LogP contribution in [0, 0.1) is 10.1 Å². The molecule has 0 saturated carbocycles. The average Bonchev–Trinajstić information content (AvgIpc) is 2.63. The van der Waals surface area contributed by atoms with Crippen molar-refractivity contribution in [3.05, 3.63) is 58.6 Å². The number of likely N-dealkylation sites (tertiary alicyclic amines) is 1. The van der Waals surface area contributed by atoms with E-state index < -0.39 is 26.5 Å². The first-order chi connectivity index (χ1) is 14.0. The molecule has 0 spiro atoms. The molecule has 10 heteroatoms. The van der Waals surface area contributed by atoms with Gasteiger partial charge < -0.3 is 14.4 Å². The molecule has 2 aromatic rings. The number of amides is 1. The molecule has 0 aliphatic carbocycles. The molecule has 160 valence electrons. The number of nitrogens with zero attached hydrogens (tertiary/aromatic N) is 2. The Balaban J connectivity index is 1.67. The summed E-state index contributed by atoms with van der Waals surface area (Å²) in [6, 6.07) is 10.7. The van der Waals surface area contributed by atoms with Gasteiger partial charge in [0.25, 0.3) is 5.69 Å². The van der Waals surface area contributed by atoms with Gasteiger partial charge in [0.05, 0.1) is 27.8 Å². The molecule has 0 bridgehead atoms. The quantitative estimate of drug-likeness (QED) is 0.523. The maximum Gasteiger partial charge on any atom is 0.410 e. The number of carbonyl (C=O) groups is 1. The summed E-state index contributed by atoms with van der Waals surface area (Å²) in [5, 5.41) is 10.8. The summed E-state index contributed by atoms with van der Waals surface area (Å²) >= 11 is 0. The van der Waals surface area contributed by atoms with Crippen LogP contribution in [0.1, 0.15) is 20.8 Å². The first-order valence-electron chi connectivity index (χ1n) is 9.20. The molecular formula is C20H22N2O7S. The molecular weight excluding hydrogens is 412 g/mol. The number of ether oxygens (including phenoxy) is 2. The molecule has 0 radical (unpaired) electrons. The van der Waals surface area contributed by atoms with Crippen molar-refractivity contribution in [2.45, 2.75) is 42.3 Å². The van der Waals surface area contributed by atoms with Gasteiger partial charge in [0.15, 0.2) is 0 Å². The van der Waals surface area contributed by atoms with Crippen LogP contribution in [0.4, 0.5) is 10.5 Å². The van der Waals surface area contributed by atoms with Crippen LogP contribution in [-0.2, 0) is 14.6 Å². The summed E-state index contributed by atoms with van der Waals surface area (Å²) in [4.78, 5) is 23.6. The SMILES string of the molecule is CC(C)(C)OC(=O)N1CC(Oc2cccc(S(=O)(=O)c3ccc([N+](=O)[O-])cc3)c2)C1. The first kappa shape index (κ1) is 21.6. The average molecular weight is 434 g/mol. The van der Waals surface area contributed by atoms with E-state index in [1.165, 1.54) is 29.2 Å². The number of hydrogen-bond acceptors (Lipinski definition) is 7. The van der Waals surface area contributed by atoms with Gasteiger partial charge >= 0.3 is 6.09 Å². The normalized spacial score (nSPS) is 14.7. The Morgan fingerprint density at radius 3 is 2.30 bits per heavy atom. The van der Waals surface area contributed by atoms with E-state index in [2.05, 4.69) is 0 Å². The van der Waals surface area contributed by atoms with Gasteiger partial charge in [-0.3, -0.25) is 10.1 Å². The highest BCUT2D eigenvalue weighted by atomic mass is 32.2. The van der Waals surface area contributed by atoms with Crippen LogP contribution in [0.3, 0.4) is 0 Å². The van der Waals surface area contributed by atoms with Crippen molar-refractivity contribution in [2.24, 2.45) is 0 Å². The second-order valence-corrected chi connectivity index (χ2v) is 9.80. The predicted octanol–water partition coefficient (Wildman–Crippen LogP) is 3.43. The van der Waals surface area contributed by atoms with Gasteiger partial charge in [0.2, 0.25) is 9.84 Å². The second kappa shape index (κ2) is 7.94. The summed E-state index contributed by atoms with van der Waals surface area (Å²) in [7, 11) is -3.86. The maximum atomic E-state index is 12.8. The van der Waals surface area contributed by atoms with Gasteiger partial charge in [-0.15, -0.1) is 0 Å². The van der Waals surface area contributed by atoms with E-state index >= 15 is 0 Å². The minimum Gasteiger partial charge on any atom is -0.487 e. The fraction of sp³-hybridized carbons (Fsp3) is 0.350. The minimum absolute atomic E-state index is 0.0113. The minimum atomic E-state index is -3.86. The summed E-state index contributed by atoms with van der Waals surface area (Å²) in [6.07, 6.45) is -0.688. The smallest absolute Gasteiger partial charge is 0.410 e. The van der Waals surface area contributed by atoms with E-state index in [-0.39, 0.29) is 21.6 Å². The lowest BCUT2D eigenvalue weighted by molar-refractivity contribution is -0.384. The highest BCUT2D eigenvalue weighted by Crippen LogP contribution is 2.27. The molecule has 1 amide bonds. The van der Waals surface area contributed by atoms with Gasteiger partial charge in [-0.25, -0.2) is 13.2 Å². The lowest BCUT2D eigenvalue weighted by atomic mass is 10.1. The van der Waals surface area contributed by atoms with E-state index in [1.807, 2.05) is 0 Å².